The molecular formula is C18H18F2O5. The van der Waals surface area contributed by atoms with E-state index in [2.05, 4.69) is 4.74 Å². The van der Waals surface area contributed by atoms with Crippen LogP contribution in [0.1, 0.15) is 28.7 Å². The van der Waals surface area contributed by atoms with Gasteiger partial charge in [0.05, 0.1) is 19.3 Å². The van der Waals surface area contributed by atoms with Crippen molar-refractivity contribution in [2.75, 3.05) is 7.11 Å². The summed E-state index contributed by atoms with van der Waals surface area (Å²) in [6.45, 7) is 1.22. The normalized spacial score (nSPS) is 10.6. The van der Waals surface area contributed by atoms with Crippen LogP contribution in [0.25, 0.3) is 0 Å². The third-order valence-corrected chi connectivity index (χ3v) is 3.53. The average Bonchev–Trinajstić information content (AvgIpc) is 2.60. The molecule has 7 heteroatoms. The summed E-state index contributed by atoms with van der Waals surface area (Å²) in [6, 6.07) is 9.17. The van der Waals surface area contributed by atoms with Gasteiger partial charge in [-0.3, -0.25) is 0 Å². The van der Waals surface area contributed by atoms with Gasteiger partial charge in [0.1, 0.15) is 18.1 Å². The highest BCUT2D eigenvalue weighted by Gasteiger charge is 2.17. The summed E-state index contributed by atoms with van der Waals surface area (Å²) in [4.78, 5) is 11.3. The number of aryl methyl sites for hydroxylation is 1. The minimum atomic E-state index is -2.69. The highest BCUT2D eigenvalue weighted by Crippen LogP contribution is 2.32. The van der Waals surface area contributed by atoms with Gasteiger partial charge in [0.2, 0.25) is 0 Å². The third kappa shape index (κ3) is 4.67. The fourth-order valence-electron chi connectivity index (χ4n) is 2.27. The minimum Gasteiger partial charge on any atom is -0.488 e. The van der Waals surface area contributed by atoms with Crippen LogP contribution < -0.4 is 9.47 Å². The first-order valence-corrected chi connectivity index (χ1v) is 7.45. The van der Waals surface area contributed by atoms with E-state index in [9.17, 15) is 18.7 Å². The molecule has 0 aliphatic rings. The smallest absolute Gasteiger partial charge is 0.488 e. The van der Waals surface area contributed by atoms with Crippen molar-refractivity contribution >= 4 is 6.16 Å². The van der Waals surface area contributed by atoms with Crippen LogP contribution in [0.15, 0.2) is 36.4 Å². The molecule has 1 N–H and O–H groups in total. The van der Waals surface area contributed by atoms with E-state index < -0.39 is 12.6 Å². The van der Waals surface area contributed by atoms with E-state index in [-0.39, 0.29) is 30.3 Å². The maximum atomic E-state index is 13.2. The van der Waals surface area contributed by atoms with Gasteiger partial charge >= 0.3 is 6.16 Å². The number of hydrogen-bond donors (Lipinski definition) is 1. The van der Waals surface area contributed by atoms with Crippen LogP contribution in [-0.4, -0.2) is 18.4 Å². The van der Waals surface area contributed by atoms with Gasteiger partial charge in [0.15, 0.2) is 0 Å². The number of halogens is 2. The van der Waals surface area contributed by atoms with Crippen molar-refractivity contribution in [3.8, 4) is 11.5 Å². The fraction of sp³-hybridized carbons (Fsp3) is 0.278. The maximum absolute atomic E-state index is 13.2. The molecule has 2 aromatic rings. The molecule has 0 aliphatic heterocycles. The fourth-order valence-corrected chi connectivity index (χ4v) is 2.27. The van der Waals surface area contributed by atoms with Crippen molar-refractivity contribution in [1.82, 2.24) is 0 Å². The summed E-state index contributed by atoms with van der Waals surface area (Å²) in [5, 5.41) is 9.46. The molecule has 0 saturated heterocycles. The van der Waals surface area contributed by atoms with Gasteiger partial charge in [0.25, 0.3) is 6.43 Å². The zero-order valence-corrected chi connectivity index (χ0v) is 13.8. The second kappa shape index (κ2) is 8.43. The molecule has 2 aromatic carbocycles. The standard InChI is InChI=1S/C18H18F2O5/c1-11-6-7-15(13(8-11)17(19)20)24-10-14-12(9-21)4-3-5-16(14)25-18(22)23-2/h3-8,17,21H,9-10H2,1-2H3. The minimum absolute atomic E-state index is 0.0253. The van der Waals surface area contributed by atoms with Gasteiger partial charge in [-0.15, -0.1) is 0 Å². The maximum Gasteiger partial charge on any atom is 0.513 e. The van der Waals surface area contributed by atoms with Crippen LogP contribution in [0.4, 0.5) is 13.6 Å². The van der Waals surface area contributed by atoms with E-state index in [0.717, 1.165) is 7.11 Å². The van der Waals surface area contributed by atoms with Gasteiger partial charge < -0.3 is 19.3 Å². The molecule has 0 bridgehead atoms. The first kappa shape index (κ1) is 18.7. The predicted octanol–water partition coefficient (Wildman–Crippen LogP) is 4.15. The number of hydrogen-bond acceptors (Lipinski definition) is 5. The van der Waals surface area contributed by atoms with Crippen molar-refractivity contribution in [1.29, 1.82) is 0 Å². The molecule has 2 rings (SSSR count). The Kier molecular flexibility index (Phi) is 6.30. The predicted molar refractivity (Wildman–Crippen MR) is 85.9 cm³/mol. The Morgan fingerprint density at radius 2 is 1.96 bits per heavy atom. The Balaban J connectivity index is 2.30. The van der Waals surface area contributed by atoms with Crippen LogP contribution in [0.2, 0.25) is 0 Å². The lowest BCUT2D eigenvalue weighted by Crippen LogP contribution is -2.11. The summed E-state index contributed by atoms with van der Waals surface area (Å²) in [7, 11) is 1.16. The van der Waals surface area contributed by atoms with Crippen LogP contribution in [0, 0.1) is 6.92 Å². The van der Waals surface area contributed by atoms with Crippen molar-refractivity contribution in [2.45, 2.75) is 26.6 Å². The molecule has 0 unspecified atom stereocenters. The number of aliphatic hydroxyl groups excluding tert-OH is 1. The summed E-state index contributed by atoms with van der Waals surface area (Å²) >= 11 is 0. The van der Waals surface area contributed by atoms with E-state index in [4.69, 9.17) is 9.47 Å². The Labute approximate surface area is 143 Å². The topological polar surface area (TPSA) is 65.0 Å². The van der Waals surface area contributed by atoms with Gasteiger partial charge in [-0.1, -0.05) is 23.8 Å². The van der Waals surface area contributed by atoms with Crippen LogP contribution in [0.5, 0.6) is 11.5 Å². The molecule has 25 heavy (non-hydrogen) atoms. The molecule has 0 radical (unpaired) electrons. The molecule has 0 aromatic heterocycles. The number of carbonyl (C=O) groups is 1. The molecule has 0 aliphatic carbocycles. The quantitative estimate of drug-likeness (QED) is 0.625. The van der Waals surface area contributed by atoms with E-state index in [1.807, 2.05) is 0 Å². The number of methoxy groups -OCH3 is 1. The Morgan fingerprint density at radius 3 is 2.60 bits per heavy atom. The van der Waals surface area contributed by atoms with Crippen molar-refractivity contribution in [2.24, 2.45) is 0 Å². The largest absolute Gasteiger partial charge is 0.513 e. The molecule has 0 amide bonds. The van der Waals surface area contributed by atoms with Crippen LogP contribution in [0.3, 0.4) is 0 Å². The first-order valence-electron chi connectivity index (χ1n) is 7.45. The molecule has 0 saturated carbocycles. The van der Waals surface area contributed by atoms with Crippen LogP contribution >= 0.6 is 0 Å². The second-order valence-corrected chi connectivity index (χ2v) is 5.24. The number of carbonyl (C=O) groups excluding carboxylic acids is 1. The van der Waals surface area contributed by atoms with Gasteiger partial charge in [0, 0.05) is 5.56 Å². The zero-order chi connectivity index (χ0) is 18.4. The highest BCUT2D eigenvalue weighted by molar-refractivity contribution is 5.64. The van der Waals surface area contributed by atoms with Crippen LogP contribution in [-0.2, 0) is 18.0 Å². The molecular weight excluding hydrogens is 334 g/mol. The van der Waals surface area contributed by atoms with E-state index in [1.165, 1.54) is 18.2 Å². The number of benzene rings is 2. The van der Waals surface area contributed by atoms with Crippen molar-refractivity contribution in [3.63, 3.8) is 0 Å². The van der Waals surface area contributed by atoms with E-state index >= 15 is 0 Å². The number of alkyl halides is 2. The third-order valence-electron chi connectivity index (χ3n) is 3.53. The second-order valence-electron chi connectivity index (χ2n) is 5.24. The number of rotatable bonds is 6. The first-order chi connectivity index (χ1) is 12.0. The Morgan fingerprint density at radius 1 is 1.20 bits per heavy atom. The average molecular weight is 352 g/mol. The lowest BCUT2D eigenvalue weighted by Gasteiger charge is -2.16. The van der Waals surface area contributed by atoms with E-state index in [1.54, 1.807) is 25.1 Å². The van der Waals surface area contributed by atoms with Gasteiger partial charge in [-0.05, 0) is 30.7 Å². The molecule has 0 fully saturated rings. The summed E-state index contributed by atoms with van der Waals surface area (Å²) < 4.78 is 41.3. The lowest BCUT2D eigenvalue weighted by atomic mass is 10.1. The number of ether oxygens (including phenoxy) is 3. The Bertz CT molecular complexity index is 746. The van der Waals surface area contributed by atoms with Crippen molar-refractivity contribution in [3.05, 3.63) is 58.7 Å². The summed E-state index contributed by atoms with van der Waals surface area (Å²) in [5.74, 6) is 0.154. The van der Waals surface area contributed by atoms with Gasteiger partial charge in [-0.2, -0.15) is 0 Å². The molecule has 5 nitrogen and oxygen atoms in total. The SMILES string of the molecule is COC(=O)Oc1cccc(CO)c1COc1ccc(C)cc1C(F)F. The summed E-state index contributed by atoms with van der Waals surface area (Å²) in [6.07, 6.45) is -3.62. The van der Waals surface area contributed by atoms with Gasteiger partial charge in [-0.25, -0.2) is 13.6 Å². The monoisotopic (exact) mass is 352 g/mol. The van der Waals surface area contributed by atoms with Crippen molar-refractivity contribution < 1.29 is 32.9 Å². The molecule has 0 atom stereocenters. The Hall–Kier alpha value is -2.67. The molecule has 134 valence electrons. The summed E-state index contributed by atoms with van der Waals surface area (Å²) in [5.41, 5.74) is 1.29. The molecule has 0 spiro atoms. The zero-order valence-electron chi connectivity index (χ0n) is 13.8. The number of aliphatic hydroxyl groups is 1. The van der Waals surface area contributed by atoms with E-state index in [0.29, 0.717) is 16.7 Å². The molecule has 0 heterocycles. The highest BCUT2D eigenvalue weighted by atomic mass is 19.3. The lowest BCUT2D eigenvalue weighted by molar-refractivity contribution is 0.120.